The molecule has 0 radical (unpaired) electrons. The zero-order valence-corrected chi connectivity index (χ0v) is 14.5. The molecule has 6 rings (SSSR count). The highest BCUT2D eigenvalue weighted by molar-refractivity contribution is 5.90. The minimum Gasteiger partial charge on any atom is -0.474 e. The molecule has 1 aliphatic carbocycles. The van der Waals surface area contributed by atoms with E-state index in [0.717, 1.165) is 23.8 Å². The maximum absolute atomic E-state index is 12.8. The highest BCUT2D eigenvalue weighted by atomic mass is 16.6. The van der Waals surface area contributed by atoms with Crippen LogP contribution in [0.4, 0.5) is 0 Å². The van der Waals surface area contributed by atoms with Crippen LogP contribution in [0.15, 0.2) is 27.4 Å². The van der Waals surface area contributed by atoms with E-state index in [1.807, 2.05) is 26.0 Å². The molecule has 1 aromatic heterocycles. The first kappa shape index (κ1) is 15.0. The van der Waals surface area contributed by atoms with Gasteiger partial charge < -0.3 is 13.9 Å². The third-order valence-electron chi connectivity index (χ3n) is 6.48. The number of fused-ring (bicyclic) bond motifs is 2. The molecule has 2 bridgehead atoms. The molecule has 5 atom stereocenters. The molecule has 1 aromatic carbocycles. The number of carbonyl (C=O) groups is 1. The summed E-state index contributed by atoms with van der Waals surface area (Å²) in [6, 6.07) is 5.56. The number of carbonyl (C=O) groups excluding carboxylic acids is 1. The van der Waals surface area contributed by atoms with E-state index in [1.165, 1.54) is 0 Å². The van der Waals surface area contributed by atoms with Crippen LogP contribution in [0, 0.1) is 24.7 Å². The highest BCUT2D eigenvalue weighted by Gasteiger charge is 2.63. The lowest BCUT2D eigenvalue weighted by Crippen LogP contribution is -2.54. The molecule has 4 aliphatic rings. The molecular weight excluding hydrogens is 320 g/mol. The second-order valence-corrected chi connectivity index (χ2v) is 7.85. The second-order valence-electron chi connectivity index (χ2n) is 7.85. The molecule has 5 nitrogen and oxygen atoms in total. The molecule has 130 valence electrons. The minimum atomic E-state index is -1.06. The van der Waals surface area contributed by atoms with Crippen LogP contribution in [0.5, 0.6) is 5.75 Å². The van der Waals surface area contributed by atoms with Gasteiger partial charge in [-0.15, -0.1) is 0 Å². The number of aryl methyl sites for hydroxylation is 1. The predicted molar refractivity (Wildman–Crippen MR) is 90.5 cm³/mol. The molecule has 1 saturated carbocycles. The van der Waals surface area contributed by atoms with E-state index in [4.69, 9.17) is 13.9 Å². The van der Waals surface area contributed by atoms with E-state index < -0.39 is 17.3 Å². The first-order chi connectivity index (χ1) is 11.9. The van der Waals surface area contributed by atoms with Crippen molar-refractivity contribution in [2.75, 3.05) is 0 Å². The third kappa shape index (κ3) is 1.73. The van der Waals surface area contributed by atoms with Gasteiger partial charge >= 0.3 is 11.6 Å². The Morgan fingerprint density at radius 3 is 2.80 bits per heavy atom. The minimum absolute atomic E-state index is 0.0552. The summed E-state index contributed by atoms with van der Waals surface area (Å²) in [5, 5.41) is 0.763. The quantitative estimate of drug-likeness (QED) is 0.542. The van der Waals surface area contributed by atoms with Gasteiger partial charge in [0, 0.05) is 11.8 Å². The molecular formula is C20H20O5. The number of benzene rings is 1. The summed E-state index contributed by atoms with van der Waals surface area (Å²) < 4.78 is 17.7. The summed E-state index contributed by atoms with van der Waals surface area (Å²) in [4.78, 5) is 25.6. The highest BCUT2D eigenvalue weighted by Crippen LogP contribution is 2.58. The fraction of sp³-hybridized carbons (Fsp3) is 0.500. The van der Waals surface area contributed by atoms with Gasteiger partial charge in [-0.05, 0) is 44.2 Å². The van der Waals surface area contributed by atoms with E-state index in [0.29, 0.717) is 22.8 Å². The van der Waals surface area contributed by atoms with Gasteiger partial charge in [0.25, 0.3) is 0 Å². The molecule has 0 amide bonds. The van der Waals surface area contributed by atoms with Crippen LogP contribution in [0.2, 0.25) is 0 Å². The maximum Gasteiger partial charge on any atom is 0.351 e. The first-order valence-electron chi connectivity index (χ1n) is 8.88. The van der Waals surface area contributed by atoms with Crippen LogP contribution in [0.3, 0.4) is 0 Å². The SMILES string of the molecule is Cc1cccc2oc(=O)c3c(c12)O[C@@]1(C)C(=O)O[C@@H]3[C@@H]2[C@H]1CC[C@@H]2C. The molecule has 4 heterocycles. The molecule has 5 heteroatoms. The van der Waals surface area contributed by atoms with Crippen molar-refractivity contribution in [2.45, 2.75) is 45.3 Å². The molecule has 0 spiro atoms. The number of hydrogen-bond donors (Lipinski definition) is 0. The topological polar surface area (TPSA) is 65.7 Å². The van der Waals surface area contributed by atoms with Gasteiger partial charge in [-0.25, -0.2) is 9.59 Å². The second kappa shape index (κ2) is 4.65. The van der Waals surface area contributed by atoms with E-state index in [2.05, 4.69) is 6.92 Å². The smallest absolute Gasteiger partial charge is 0.351 e. The standard InChI is InChI=1S/C20H20O5/c1-9-5-4-6-12-14(9)17-15(18(21)23-12)16-13-10(2)7-8-11(13)20(3,25-17)19(22)24-16/h4-6,10-11,13,16H,7-8H2,1-3H3/t10-,11+,13-,16+,20+/m0/s1. The van der Waals surface area contributed by atoms with Gasteiger partial charge in [0.2, 0.25) is 5.60 Å². The summed E-state index contributed by atoms with van der Waals surface area (Å²) in [6.45, 7) is 5.93. The Balaban J connectivity index is 1.89. The van der Waals surface area contributed by atoms with E-state index in [1.54, 1.807) is 6.07 Å². The molecule has 1 saturated heterocycles. The van der Waals surface area contributed by atoms with Crippen molar-refractivity contribution in [3.05, 3.63) is 39.7 Å². The third-order valence-corrected chi connectivity index (χ3v) is 6.48. The number of ether oxygens (including phenoxy) is 2. The van der Waals surface area contributed by atoms with Gasteiger partial charge in [-0.1, -0.05) is 19.1 Å². The Morgan fingerprint density at radius 2 is 2.00 bits per heavy atom. The molecule has 2 aromatic rings. The fourth-order valence-corrected chi connectivity index (χ4v) is 5.17. The van der Waals surface area contributed by atoms with E-state index in [9.17, 15) is 9.59 Å². The predicted octanol–water partition coefficient (Wildman–Crippen LogP) is 3.51. The molecule has 0 unspecified atom stereocenters. The number of esters is 1. The zero-order chi connectivity index (χ0) is 17.5. The Hall–Kier alpha value is -2.30. The van der Waals surface area contributed by atoms with Crippen molar-refractivity contribution in [3.8, 4) is 5.75 Å². The van der Waals surface area contributed by atoms with Crippen molar-refractivity contribution in [2.24, 2.45) is 17.8 Å². The summed E-state index contributed by atoms with van der Waals surface area (Å²) in [7, 11) is 0. The Bertz CT molecular complexity index is 974. The molecule has 2 fully saturated rings. The van der Waals surface area contributed by atoms with Crippen LogP contribution in [0.1, 0.15) is 43.9 Å². The lowest BCUT2D eigenvalue weighted by molar-refractivity contribution is -0.190. The van der Waals surface area contributed by atoms with Crippen molar-refractivity contribution < 1.29 is 18.7 Å². The van der Waals surface area contributed by atoms with Gasteiger partial charge in [0.05, 0.1) is 5.39 Å². The van der Waals surface area contributed by atoms with Crippen LogP contribution in [-0.4, -0.2) is 11.6 Å². The normalized spacial score (nSPS) is 35.7. The fourth-order valence-electron chi connectivity index (χ4n) is 5.17. The first-order valence-corrected chi connectivity index (χ1v) is 8.88. The van der Waals surface area contributed by atoms with Gasteiger partial charge in [-0.3, -0.25) is 0 Å². The summed E-state index contributed by atoms with van der Waals surface area (Å²) in [5.74, 6) is 0.617. The average Bonchev–Trinajstić information content (AvgIpc) is 2.84. The van der Waals surface area contributed by atoms with Gasteiger partial charge in [0.15, 0.2) is 0 Å². The molecule has 3 aliphatic heterocycles. The van der Waals surface area contributed by atoms with Crippen molar-refractivity contribution in [1.29, 1.82) is 0 Å². The van der Waals surface area contributed by atoms with Gasteiger partial charge in [0.1, 0.15) is 23.0 Å². The average molecular weight is 340 g/mol. The van der Waals surface area contributed by atoms with Crippen LogP contribution in [-0.2, 0) is 9.53 Å². The Labute approximate surface area is 144 Å². The lowest BCUT2D eigenvalue weighted by Gasteiger charge is -2.41. The monoisotopic (exact) mass is 340 g/mol. The zero-order valence-electron chi connectivity index (χ0n) is 14.5. The molecule has 25 heavy (non-hydrogen) atoms. The van der Waals surface area contributed by atoms with Crippen LogP contribution < -0.4 is 10.4 Å². The van der Waals surface area contributed by atoms with Crippen molar-refractivity contribution >= 4 is 16.9 Å². The summed E-state index contributed by atoms with van der Waals surface area (Å²) >= 11 is 0. The summed E-state index contributed by atoms with van der Waals surface area (Å²) in [5.41, 5.74) is 0.294. The van der Waals surface area contributed by atoms with Crippen LogP contribution in [0.25, 0.3) is 11.0 Å². The largest absolute Gasteiger partial charge is 0.474 e. The summed E-state index contributed by atoms with van der Waals surface area (Å²) in [6.07, 6.45) is 1.33. The number of hydrogen-bond acceptors (Lipinski definition) is 5. The van der Waals surface area contributed by atoms with E-state index in [-0.39, 0.29) is 17.8 Å². The Morgan fingerprint density at radius 1 is 1.20 bits per heavy atom. The lowest BCUT2D eigenvalue weighted by atomic mass is 9.73. The van der Waals surface area contributed by atoms with E-state index >= 15 is 0 Å². The van der Waals surface area contributed by atoms with Crippen molar-refractivity contribution in [1.82, 2.24) is 0 Å². The maximum atomic E-state index is 12.8. The number of rotatable bonds is 0. The molecule has 0 N–H and O–H groups in total. The van der Waals surface area contributed by atoms with Crippen LogP contribution >= 0.6 is 0 Å². The van der Waals surface area contributed by atoms with Crippen molar-refractivity contribution in [3.63, 3.8) is 0 Å². The Kier molecular flexibility index (Phi) is 2.79. The van der Waals surface area contributed by atoms with Gasteiger partial charge in [-0.2, -0.15) is 0 Å².